The van der Waals surface area contributed by atoms with Crippen molar-refractivity contribution in [3.63, 3.8) is 0 Å². The van der Waals surface area contributed by atoms with Gasteiger partial charge in [0.1, 0.15) is 59.9 Å². The van der Waals surface area contributed by atoms with Crippen molar-refractivity contribution in [3.8, 4) is 0 Å². The lowest BCUT2D eigenvalue weighted by atomic mass is 9.78. The summed E-state index contributed by atoms with van der Waals surface area (Å²) >= 11 is 6.39. The van der Waals surface area contributed by atoms with Crippen LogP contribution in [0.1, 0.15) is 189 Å². The number of hydrogen-bond donors (Lipinski definition) is 3. The van der Waals surface area contributed by atoms with Gasteiger partial charge in [0.2, 0.25) is 70.9 Å². The lowest BCUT2D eigenvalue weighted by Crippen LogP contribution is -2.65. The molecule has 7 fully saturated rings. The van der Waals surface area contributed by atoms with Crippen LogP contribution in [0, 0.1) is 29.6 Å². The van der Waals surface area contributed by atoms with Gasteiger partial charge in [-0.3, -0.25) is 57.5 Å². The molecule has 97 heavy (non-hydrogen) atoms. The lowest BCUT2D eigenvalue weighted by Gasteiger charge is -2.45. The van der Waals surface area contributed by atoms with Gasteiger partial charge in [0.15, 0.2) is 0 Å². The average molecular weight is 1390 g/mol. The van der Waals surface area contributed by atoms with E-state index in [-0.39, 0.29) is 89.1 Å². The molecule has 3 N–H and O–H groups in total. The number of carbonyl (C=O) groups excluding carboxylic acids is 12. The molecule has 3 aliphatic carbocycles. The molecule has 4 saturated heterocycles. The van der Waals surface area contributed by atoms with E-state index < -0.39 is 173 Å². The van der Waals surface area contributed by atoms with Crippen LogP contribution in [0.2, 0.25) is 0 Å². The van der Waals surface area contributed by atoms with Gasteiger partial charge in [-0.2, -0.15) is 13.2 Å². The Morgan fingerprint density at radius 3 is 1.81 bits per heavy atom. The van der Waals surface area contributed by atoms with E-state index in [1.807, 2.05) is 6.92 Å². The molecule has 546 valence electrons. The van der Waals surface area contributed by atoms with Gasteiger partial charge in [-0.1, -0.05) is 79.1 Å². The van der Waals surface area contributed by atoms with E-state index in [0.717, 1.165) is 43.4 Å². The van der Waals surface area contributed by atoms with Crippen LogP contribution >= 0.6 is 11.6 Å². The molecule has 13 atom stereocenters. The van der Waals surface area contributed by atoms with E-state index in [9.17, 15) is 51.5 Å². The largest absolute Gasteiger partial charge is 0.393 e. The number of alkyl halides is 4. The van der Waals surface area contributed by atoms with Gasteiger partial charge in [-0.05, 0) is 127 Å². The predicted octanol–water partition coefficient (Wildman–Crippen LogP) is 5.07. The first-order valence-electron chi connectivity index (χ1n) is 35.8. The Labute approximate surface area is 576 Å². The minimum atomic E-state index is -4.51. The summed E-state index contributed by atoms with van der Waals surface area (Å²) < 4.78 is 42.0. The van der Waals surface area contributed by atoms with Crippen molar-refractivity contribution in [1.29, 1.82) is 0 Å². The molecule has 0 aromatic rings. The van der Waals surface area contributed by atoms with Crippen molar-refractivity contribution in [2.75, 3.05) is 75.0 Å². The maximum absolute atomic E-state index is 15.4. The van der Waals surface area contributed by atoms with E-state index in [0.29, 0.717) is 51.6 Å². The monoisotopic (exact) mass is 1390 g/mol. The molecular weight excluding hydrogens is 1280 g/mol. The zero-order valence-corrected chi connectivity index (χ0v) is 60.2. The summed E-state index contributed by atoms with van der Waals surface area (Å²) in [5.41, 5.74) is -1.56. The zero-order chi connectivity index (χ0) is 71.7. The molecule has 4 heterocycles. The number of piperidine rings is 1. The van der Waals surface area contributed by atoms with Crippen molar-refractivity contribution < 1.29 is 70.7 Å². The topological polar surface area (TPSA) is 270 Å². The number of nitrogens with one attached hydrogen (secondary N) is 3. The molecule has 12 amide bonds. The Kier molecular flexibility index (Phi) is 27.1. The number of likely N-dealkylation sites (tertiary alicyclic amines) is 1. The molecule has 28 heteroatoms. The molecule has 0 aromatic carbocycles. The fraction of sp³-hybridized carbons (Fsp3) is 0.826. The molecule has 1 spiro atoms. The lowest BCUT2D eigenvalue weighted by molar-refractivity contribution is -0.182. The number of amides is 12. The summed E-state index contributed by atoms with van der Waals surface area (Å²) in [4.78, 5) is 190. The highest BCUT2D eigenvalue weighted by molar-refractivity contribution is 6.21. The van der Waals surface area contributed by atoms with E-state index in [1.54, 1.807) is 25.7 Å². The third kappa shape index (κ3) is 18.2. The van der Waals surface area contributed by atoms with Gasteiger partial charge in [-0.15, -0.1) is 11.6 Å². The fourth-order valence-electron chi connectivity index (χ4n) is 15.8. The molecule has 7 rings (SSSR count). The molecule has 24 nitrogen and oxygen atoms in total. The smallest absolute Gasteiger partial charge is 0.343 e. The summed E-state index contributed by atoms with van der Waals surface area (Å²) in [7, 11) is 8.57. The van der Waals surface area contributed by atoms with Crippen molar-refractivity contribution >= 4 is 82.5 Å². The number of carbonyl (C=O) groups is 12. The van der Waals surface area contributed by atoms with Crippen molar-refractivity contribution in [1.82, 2.24) is 60.0 Å². The zero-order valence-electron chi connectivity index (χ0n) is 59.4. The Morgan fingerprint density at radius 1 is 0.598 bits per heavy atom. The quantitative estimate of drug-likeness (QED) is 0.256. The van der Waals surface area contributed by atoms with Crippen LogP contribution in [-0.2, 0) is 57.5 Å². The van der Waals surface area contributed by atoms with Crippen LogP contribution in [0.5, 0.6) is 0 Å². The number of halogens is 4. The summed E-state index contributed by atoms with van der Waals surface area (Å²) in [6.45, 7) is 10.4. The van der Waals surface area contributed by atoms with Gasteiger partial charge in [-0.25, -0.2) is 0 Å². The van der Waals surface area contributed by atoms with Crippen LogP contribution in [0.25, 0.3) is 0 Å². The molecular formula is C69H110ClF3N12O12. The molecule has 0 radical (unpaired) electrons. The van der Waals surface area contributed by atoms with Crippen molar-refractivity contribution in [3.05, 3.63) is 0 Å². The molecule has 3 saturated carbocycles. The number of rotatable bonds is 9. The van der Waals surface area contributed by atoms with Crippen LogP contribution in [0.3, 0.4) is 0 Å². The normalized spacial score (nSPS) is 31.5. The fourth-order valence-corrected chi connectivity index (χ4v) is 16.4. The van der Waals surface area contributed by atoms with Gasteiger partial charge in [0.05, 0.1) is 18.9 Å². The number of fused-ring (bicyclic) bond motifs is 2. The van der Waals surface area contributed by atoms with E-state index >= 15 is 19.2 Å². The molecule has 0 bridgehead atoms. The van der Waals surface area contributed by atoms with E-state index in [4.69, 9.17) is 11.6 Å². The summed E-state index contributed by atoms with van der Waals surface area (Å²) in [5, 5.41) is 7.49. The maximum Gasteiger partial charge on any atom is 0.393 e. The molecule has 4 aliphatic heterocycles. The first-order chi connectivity index (χ1) is 45.6. The highest BCUT2D eigenvalue weighted by Crippen LogP contribution is 2.44. The van der Waals surface area contributed by atoms with Gasteiger partial charge >= 0.3 is 6.18 Å². The van der Waals surface area contributed by atoms with E-state index in [2.05, 4.69) is 16.0 Å². The summed E-state index contributed by atoms with van der Waals surface area (Å²) in [5.74, 6) is -10.6. The minimum absolute atomic E-state index is 0.00143. The number of nitrogens with zero attached hydrogens (tertiary/aromatic N) is 9. The highest BCUT2D eigenvalue weighted by atomic mass is 35.5. The van der Waals surface area contributed by atoms with Gasteiger partial charge in [0.25, 0.3) is 0 Å². The second kappa shape index (κ2) is 33.7. The standard InChI is InChI=1S/C69H110ClF3N12O12/c1-13-42(4)56-65(95)79(9)44(6)60(90)85-36-30-51(85)63(93)80(10)52(38-45-23-16-14-17-24-45)62(92)77(7)40-54(86)74-49(29-27-46-26-28-47(48(70)37-46)69(71,72)73)61(91)84-35-22-25-50(84)59(89)76-68(31-18-19-32-68)67(97)82(12)57(41(2)3)66(96)81(11)53(64(94)83-33-20-15-21-34-83)39-55(87)78(8)43(5)58(88)75-56/h41-53,56-57H,13-40H2,1-12H3,(H,74,86)(H,75,88)(H,76,89)/t42-,43-,44-,46?,47?,48?,49-,50-,51-,52-,53-,56-,57-/m0/s1. The second-order valence-corrected chi connectivity index (χ2v) is 30.1. The van der Waals surface area contributed by atoms with Crippen LogP contribution in [-0.4, -0.2) is 261 Å². The Morgan fingerprint density at radius 2 is 1.23 bits per heavy atom. The van der Waals surface area contributed by atoms with Gasteiger partial charge < -0.3 is 60.0 Å². The molecule has 3 unspecified atom stereocenters. The third-order valence-corrected chi connectivity index (χ3v) is 23.2. The predicted molar refractivity (Wildman–Crippen MR) is 356 cm³/mol. The van der Waals surface area contributed by atoms with Gasteiger partial charge in [0, 0.05) is 73.8 Å². The Hall–Kier alpha value is -6.28. The first kappa shape index (κ1) is 78.1. The number of hydrogen-bond acceptors (Lipinski definition) is 12. The van der Waals surface area contributed by atoms with E-state index in [1.165, 1.54) is 90.4 Å². The Bertz CT molecular complexity index is 2870. The molecule has 0 aromatic heterocycles. The molecule has 7 aliphatic rings. The van der Waals surface area contributed by atoms with Crippen molar-refractivity contribution in [2.45, 2.75) is 261 Å². The number of likely N-dealkylation sites (N-methyl/N-ethyl adjacent to an activating group) is 6. The Balaban J connectivity index is 1.25. The summed E-state index contributed by atoms with van der Waals surface area (Å²) in [6, 6.07) is -10.8. The maximum atomic E-state index is 15.4. The SMILES string of the molecule is CC[C@H](C)[C@@H]1NC(=O)[C@H](C)N(C)C(=O)C[C@@H](C(=O)N2CCCCC2)N(C)C(=O)[C@H](C(C)C)N(C)C(=O)C2(CCCC2)NC(=O)[C@@H]2CCCN2C(=O)[C@H](CCC2CCC(C(F)(F)F)C(Cl)C2)NC(=O)CN(C)C(=O)[C@H](CC2CCCCC2)N(C)C(=O)[C@@H]2CCN2C(=O)[C@H](C)N(C)C1=O. The minimum Gasteiger partial charge on any atom is -0.343 e. The summed E-state index contributed by atoms with van der Waals surface area (Å²) in [6.07, 6.45) is 4.46. The highest BCUT2D eigenvalue weighted by Gasteiger charge is 2.52. The van der Waals surface area contributed by atoms with Crippen LogP contribution in [0.4, 0.5) is 13.2 Å². The van der Waals surface area contributed by atoms with Crippen LogP contribution in [0.15, 0.2) is 0 Å². The van der Waals surface area contributed by atoms with Crippen LogP contribution < -0.4 is 16.0 Å². The second-order valence-electron chi connectivity index (χ2n) is 29.6. The third-order valence-electron chi connectivity index (χ3n) is 22.8. The average Bonchev–Trinajstić information content (AvgIpc) is 1.77. The first-order valence-corrected chi connectivity index (χ1v) is 36.2. The van der Waals surface area contributed by atoms with Crippen molar-refractivity contribution in [2.24, 2.45) is 29.6 Å².